The van der Waals surface area contributed by atoms with Crippen molar-refractivity contribution in [3.63, 3.8) is 0 Å². The first-order valence-electron chi connectivity index (χ1n) is 6.38. The van der Waals surface area contributed by atoms with Gasteiger partial charge in [0.1, 0.15) is 0 Å². The van der Waals surface area contributed by atoms with Gasteiger partial charge in [0.25, 0.3) is 0 Å². The summed E-state index contributed by atoms with van der Waals surface area (Å²) in [7, 11) is 0. The van der Waals surface area contributed by atoms with E-state index in [4.69, 9.17) is 5.11 Å². The highest BCUT2D eigenvalue weighted by atomic mass is 79.9. The maximum absolute atomic E-state index is 11.2. The molecule has 104 valence electrons. The number of aromatic nitrogens is 2. The molecule has 5 heteroatoms. The van der Waals surface area contributed by atoms with E-state index in [1.807, 2.05) is 32.0 Å². The number of hydrogen-bond donors (Lipinski definition) is 1. The maximum Gasteiger partial charge on any atom is 0.339 e. The van der Waals surface area contributed by atoms with Gasteiger partial charge in [-0.15, -0.1) is 0 Å². The fraction of sp³-hybridized carbons (Fsp3) is 0.267. The molecule has 0 aliphatic rings. The molecule has 0 aliphatic heterocycles. The van der Waals surface area contributed by atoms with Crippen LogP contribution in [0.4, 0.5) is 0 Å². The predicted octanol–water partition coefficient (Wildman–Crippen LogP) is 3.87. The molecule has 1 heterocycles. The lowest BCUT2D eigenvalue weighted by molar-refractivity contribution is 0.0694. The maximum atomic E-state index is 11.2. The van der Waals surface area contributed by atoms with Gasteiger partial charge in [-0.25, -0.2) is 14.8 Å². The van der Waals surface area contributed by atoms with Crippen LogP contribution in [0, 0.1) is 6.92 Å². The fourth-order valence-corrected chi connectivity index (χ4v) is 2.62. The Morgan fingerprint density at radius 1 is 1.40 bits per heavy atom. The van der Waals surface area contributed by atoms with Gasteiger partial charge in [0.15, 0.2) is 5.82 Å². The minimum absolute atomic E-state index is 0.179. The zero-order chi connectivity index (χ0) is 14.7. The zero-order valence-electron chi connectivity index (χ0n) is 11.4. The molecule has 0 saturated heterocycles. The van der Waals surface area contributed by atoms with Gasteiger partial charge in [0.2, 0.25) is 0 Å². The monoisotopic (exact) mass is 334 g/mol. The minimum Gasteiger partial charge on any atom is -0.478 e. The van der Waals surface area contributed by atoms with Gasteiger partial charge in [-0.3, -0.25) is 0 Å². The quantitative estimate of drug-likeness (QED) is 0.921. The standard InChI is InChI=1S/C15H15BrN2O2/c1-3-4-13-11(15(19)20)8-17-14(18-13)10-6-5-9(2)7-12(10)16/h5-8H,3-4H2,1-2H3,(H,19,20). The first kappa shape index (κ1) is 14.7. The number of nitrogens with zero attached hydrogens (tertiary/aromatic N) is 2. The van der Waals surface area contributed by atoms with E-state index < -0.39 is 5.97 Å². The predicted molar refractivity (Wildman–Crippen MR) is 80.9 cm³/mol. The average molecular weight is 335 g/mol. The Kier molecular flexibility index (Phi) is 4.49. The normalized spacial score (nSPS) is 10.6. The molecule has 0 saturated carbocycles. The second-order valence-electron chi connectivity index (χ2n) is 4.59. The minimum atomic E-state index is -0.983. The zero-order valence-corrected chi connectivity index (χ0v) is 12.9. The molecule has 4 nitrogen and oxygen atoms in total. The molecule has 0 spiro atoms. The molecule has 1 N–H and O–H groups in total. The Balaban J connectivity index is 2.52. The van der Waals surface area contributed by atoms with Crippen LogP contribution in [0.25, 0.3) is 11.4 Å². The first-order chi connectivity index (χ1) is 9.52. The Morgan fingerprint density at radius 2 is 2.15 bits per heavy atom. The van der Waals surface area contributed by atoms with Gasteiger partial charge in [0.05, 0.1) is 11.3 Å². The van der Waals surface area contributed by atoms with E-state index in [1.165, 1.54) is 6.20 Å². The van der Waals surface area contributed by atoms with E-state index in [1.54, 1.807) is 0 Å². The lowest BCUT2D eigenvalue weighted by Gasteiger charge is -2.08. The van der Waals surface area contributed by atoms with Crippen LogP contribution in [0.2, 0.25) is 0 Å². The van der Waals surface area contributed by atoms with E-state index in [0.717, 1.165) is 22.0 Å². The largest absolute Gasteiger partial charge is 0.478 e. The number of carboxylic acids is 1. The summed E-state index contributed by atoms with van der Waals surface area (Å²) in [4.78, 5) is 19.8. The first-order valence-corrected chi connectivity index (χ1v) is 7.18. The second-order valence-corrected chi connectivity index (χ2v) is 5.45. The molecule has 2 aromatic rings. The van der Waals surface area contributed by atoms with Crippen LogP contribution in [-0.2, 0) is 6.42 Å². The Morgan fingerprint density at radius 3 is 2.75 bits per heavy atom. The number of benzene rings is 1. The summed E-state index contributed by atoms with van der Waals surface area (Å²) in [6.45, 7) is 4.00. The van der Waals surface area contributed by atoms with Gasteiger partial charge in [0, 0.05) is 16.2 Å². The molecule has 0 amide bonds. The smallest absolute Gasteiger partial charge is 0.339 e. The molecular weight excluding hydrogens is 320 g/mol. The summed E-state index contributed by atoms with van der Waals surface area (Å²) < 4.78 is 0.906. The van der Waals surface area contributed by atoms with E-state index in [2.05, 4.69) is 25.9 Å². The van der Waals surface area contributed by atoms with Crippen LogP contribution in [0.15, 0.2) is 28.9 Å². The molecule has 0 fully saturated rings. The molecule has 0 bridgehead atoms. The summed E-state index contributed by atoms with van der Waals surface area (Å²) in [6, 6.07) is 5.91. The highest BCUT2D eigenvalue weighted by Crippen LogP contribution is 2.27. The second kappa shape index (κ2) is 6.13. The lowest BCUT2D eigenvalue weighted by atomic mass is 10.1. The van der Waals surface area contributed by atoms with Crippen LogP contribution in [0.5, 0.6) is 0 Å². The SMILES string of the molecule is CCCc1nc(-c2ccc(C)cc2Br)ncc1C(=O)O. The van der Waals surface area contributed by atoms with Crippen molar-refractivity contribution in [2.45, 2.75) is 26.7 Å². The third-order valence-electron chi connectivity index (χ3n) is 2.95. The van der Waals surface area contributed by atoms with Crippen molar-refractivity contribution >= 4 is 21.9 Å². The van der Waals surface area contributed by atoms with Crippen molar-refractivity contribution in [2.24, 2.45) is 0 Å². The van der Waals surface area contributed by atoms with E-state index in [0.29, 0.717) is 17.9 Å². The molecule has 0 unspecified atom stereocenters. The Labute approximate surface area is 126 Å². The van der Waals surface area contributed by atoms with Gasteiger partial charge in [-0.1, -0.05) is 35.3 Å². The number of aryl methyl sites for hydroxylation is 2. The number of carboxylic acid groups (broad SMARTS) is 1. The number of hydrogen-bond acceptors (Lipinski definition) is 3. The van der Waals surface area contributed by atoms with Gasteiger partial charge >= 0.3 is 5.97 Å². The number of rotatable bonds is 4. The number of aromatic carboxylic acids is 1. The van der Waals surface area contributed by atoms with Gasteiger partial charge in [-0.05, 0) is 31.0 Å². The average Bonchev–Trinajstić information content (AvgIpc) is 2.38. The van der Waals surface area contributed by atoms with E-state index in [-0.39, 0.29) is 5.56 Å². The van der Waals surface area contributed by atoms with Crippen LogP contribution in [0.1, 0.15) is 35.0 Å². The number of halogens is 1. The summed E-state index contributed by atoms with van der Waals surface area (Å²) in [5, 5.41) is 9.16. The van der Waals surface area contributed by atoms with Crippen molar-refractivity contribution in [1.82, 2.24) is 9.97 Å². The fourth-order valence-electron chi connectivity index (χ4n) is 1.95. The van der Waals surface area contributed by atoms with Crippen molar-refractivity contribution in [1.29, 1.82) is 0 Å². The molecule has 2 rings (SSSR count). The molecule has 0 aliphatic carbocycles. The molecule has 20 heavy (non-hydrogen) atoms. The molecule has 1 aromatic heterocycles. The van der Waals surface area contributed by atoms with Crippen LogP contribution in [0.3, 0.4) is 0 Å². The van der Waals surface area contributed by atoms with Crippen molar-refractivity contribution < 1.29 is 9.90 Å². The topological polar surface area (TPSA) is 63.1 Å². The molecule has 0 atom stereocenters. The van der Waals surface area contributed by atoms with Crippen LogP contribution < -0.4 is 0 Å². The van der Waals surface area contributed by atoms with Crippen molar-refractivity contribution in [2.75, 3.05) is 0 Å². The van der Waals surface area contributed by atoms with Crippen LogP contribution >= 0.6 is 15.9 Å². The van der Waals surface area contributed by atoms with E-state index >= 15 is 0 Å². The highest BCUT2D eigenvalue weighted by molar-refractivity contribution is 9.10. The summed E-state index contributed by atoms with van der Waals surface area (Å²) >= 11 is 3.50. The Bertz CT molecular complexity index is 656. The summed E-state index contributed by atoms with van der Waals surface area (Å²) in [5.74, 6) is -0.437. The highest BCUT2D eigenvalue weighted by Gasteiger charge is 2.14. The van der Waals surface area contributed by atoms with Crippen molar-refractivity contribution in [3.8, 4) is 11.4 Å². The summed E-state index contributed by atoms with van der Waals surface area (Å²) in [6.07, 6.45) is 2.86. The molecule has 1 aromatic carbocycles. The lowest BCUT2D eigenvalue weighted by Crippen LogP contribution is -2.07. The third-order valence-corrected chi connectivity index (χ3v) is 3.61. The summed E-state index contributed by atoms with van der Waals surface area (Å²) in [5.41, 5.74) is 2.76. The molecular formula is C15H15BrN2O2. The molecule has 0 radical (unpaired) electrons. The Hall–Kier alpha value is -1.75. The van der Waals surface area contributed by atoms with E-state index in [9.17, 15) is 4.79 Å². The third kappa shape index (κ3) is 3.04. The van der Waals surface area contributed by atoms with Crippen molar-refractivity contribution in [3.05, 3.63) is 45.7 Å². The number of carbonyl (C=O) groups is 1. The van der Waals surface area contributed by atoms with Gasteiger partial charge < -0.3 is 5.11 Å². The van der Waals surface area contributed by atoms with Crippen LogP contribution in [-0.4, -0.2) is 21.0 Å². The van der Waals surface area contributed by atoms with Gasteiger partial charge in [-0.2, -0.15) is 0 Å².